The Morgan fingerprint density at radius 1 is 0.885 bits per heavy atom. The lowest BCUT2D eigenvalue weighted by Gasteiger charge is -2.32. The Morgan fingerprint density at radius 2 is 1.50 bits per heavy atom. The first kappa shape index (κ1) is 18.9. The molecule has 0 aromatic heterocycles. The molecule has 1 fully saturated rings. The van der Waals surface area contributed by atoms with Crippen LogP contribution in [0.3, 0.4) is 0 Å². The maximum absolute atomic E-state index is 6.18. The lowest BCUT2D eigenvalue weighted by molar-refractivity contribution is 0.00578. The van der Waals surface area contributed by atoms with Crippen molar-refractivity contribution in [1.29, 1.82) is 0 Å². The van der Waals surface area contributed by atoms with Crippen LogP contribution in [0.1, 0.15) is 38.8 Å². The van der Waals surface area contributed by atoms with Crippen molar-refractivity contribution in [3.05, 3.63) is 71.8 Å². The minimum Gasteiger partial charge on any atom is -0.399 e. The molecule has 1 aliphatic rings. The van der Waals surface area contributed by atoms with Crippen LogP contribution in [-0.2, 0) is 20.7 Å². The van der Waals surface area contributed by atoms with Gasteiger partial charge in [0.05, 0.1) is 24.4 Å². The molecule has 3 nitrogen and oxygen atoms in total. The second kappa shape index (κ2) is 7.79. The summed E-state index contributed by atoms with van der Waals surface area (Å²) >= 11 is 0. The summed E-state index contributed by atoms with van der Waals surface area (Å²) in [6.07, 6.45) is 4.10. The van der Waals surface area contributed by atoms with Gasteiger partial charge in [0.2, 0.25) is 0 Å². The van der Waals surface area contributed by atoms with Crippen LogP contribution in [0.5, 0.6) is 0 Å². The third kappa shape index (κ3) is 4.26. The smallest absolute Gasteiger partial charge is 0.399 e. The second-order valence-corrected chi connectivity index (χ2v) is 7.62. The van der Waals surface area contributed by atoms with Crippen molar-refractivity contribution in [2.24, 2.45) is 0 Å². The van der Waals surface area contributed by atoms with E-state index < -0.39 is 0 Å². The number of hydrogen-bond donors (Lipinski definition) is 0. The van der Waals surface area contributed by atoms with Crippen LogP contribution in [0.25, 0.3) is 6.08 Å². The molecule has 0 radical (unpaired) electrons. The van der Waals surface area contributed by atoms with Crippen molar-refractivity contribution < 1.29 is 14.0 Å². The van der Waals surface area contributed by atoms with Gasteiger partial charge in [-0.2, -0.15) is 0 Å². The molecular formula is C22H27BO3. The molecule has 1 aliphatic heterocycles. The fourth-order valence-corrected chi connectivity index (χ4v) is 2.85. The first-order valence-corrected chi connectivity index (χ1v) is 9.12. The van der Waals surface area contributed by atoms with Crippen molar-refractivity contribution in [2.75, 3.05) is 6.61 Å². The van der Waals surface area contributed by atoms with E-state index in [2.05, 4.69) is 58.0 Å². The molecule has 3 rings (SSSR count). The Labute approximate surface area is 157 Å². The van der Waals surface area contributed by atoms with E-state index in [1.807, 2.05) is 36.4 Å². The van der Waals surface area contributed by atoms with Gasteiger partial charge in [-0.1, -0.05) is 66.7 Å². The molecule has 0 amide bonds. The molecule has 2 aromatic rings. The van der Waals surface area contributed by atoms with Gasteiger partial charge in [-0.25, -0.2) is 0 Å². The number of benzene rings is 2. The summed E-state index contributed by atoms with van der Waals surface area (Å²) in [6, 6.07) is 18.4. The number of ether oxygens (including phenoxy) is 1. The van der Waals surface area contributed by atoms with Gasteiger partial charge >= 0.3 is 7.12 Å². The standard InChI is InChI=1S/C22H27BO3/c1-21(2)22(3,4)26-23(25-21)20-15-9-8-14-19(20)17-24-16-10-13-18-11-6-5-7-12-18/h5-15H,16-17H2,1-4H3/b13-10+. The van der Waals surface area contributed by atoms with Crippen molar-refractivity contribution >= 4 is 18.7 Å². The van der Waals surface area contributed by atoms with Crippen molar-refractivity contribution in [1.82, 2.24) is 0 Å². The molecule has 26 heavy (non-hydrogen) atoms. The zero-order valence-electron chi connectivity index (χ0n) is 16.1. The lowest BCUT2D eigenvalue weighted by Crippen LogP contribution is -2.41. The van der Waals surface area contributed by atoms with E-state index in [-0.39, 0.29) is 18.3 Å². The van der Waals surface area contributed by atoms with Gasteiger partial charge in [-0.3, -0.25) is 0 Å². The summed E-state index contributed by atoms with van der Waals surface area (Å²) < 4.78 is 18.2. The molecular weight excluding hydrogens is 323 g/mol. The average Bonchev–Trinajstić information content (AvgIpc) is 2.83. The Kier molecular flexibility index (Phi) is 5.66. The first-order valence-electron chi connectivity index (χ1n) is 9.12. The van der Waals surface area contributed by atoms with Crippen LogP contribution in [0.15, 0.2) is 60.7 Å². The maximum atomic E-state index is 6.18. The highest BCUT2D eigenvalue weighted by molar-refractivity contribution is 6.62. The van der Waals surface area contributed by atoms with Crippen LogP contribution in [0.2, 0.25) is 0 Å². The second-order valence-electron chi connectivity index (χ2n) is 7.62. The molecule has 1 heterocycles. The van der Waals surface area contributed by atoms with Crippen molar-refractivity contribution in [3.8, 4) is 0 Å². The third-order valence-corrected chi connectivity index (χ3v) is 5.14. The number of hydrogen-bond acceptors (Lipinski definition) is 3. The maximum Gasteiger partial charge on any atom is 0.495 e. The Balaban J connectivity index is 1.61. The zero-order chi connectivity index (χ0) is 18.6. The van der Waals surface area contributed by atoms with Gasteiger partial charge in [-0.05, 0) is 44.3 Å². The first-order chi connectivity index (χ1) is 12.4. The minimum absolute atomic E-state index is 0.343. The van der Waals surface area contributed by atoms with E-state index in [1.165, 1.54) is 5.56 Å². The fourth-order valence-electron chi connectivity index (χ4n) is 2.85. The van der Waals surface area contributed by atoms with E-state index in [1.54, 1.807) is 0 Å². The molecule has 0 spiro atoms. The number of rotatable bonds is 6. The Bertz CT molecular complexity index is 737. The molecule has 1 saturated heterocycles. The molecule has 136 valence electrons. The summed E-state index contributed by atoms with van der Waals surface area (Å²) in [5, 5.41) is 0. The molecule has 0 bridgehead atoms. The van der Waals surface area contributed by atoms with Gasteiger partial charge in [-0.15, -0.1) is 0 Å². The molecule has 0 atom stereocenters. The van der Waals surface area contributed by atoms with E-state index in [4.69, 9.17) is 14.0 Å². The summed E-state index contributed by atoms with van der Waals surface area (Å²) in [5.41, 5.74) is 2.62. The Hall–Kier alpha value is -1.88. The zero-order valence-corrected chi connectivity index (χ0v) is 16.1. The molecule has 0 N–H and O–H groups in total. The van der Waals surface area contributed by atoms with Gasteiger partial charge in [0.1, 0.15) is 0 Å². The normalized spacial score (nSPS) is 18.5. The highest BCUT2D eigenvalue weighted by atomic mass is 16.7. The van der Waals surface area contributed by atoms with Crippen molar-refractivity contribution in [3.63, 3.8) is 0 Å². The predicted octanol–water partition coefficient (Wildman–Crippen LogP) is 4.22. The quantitative estimate of drug-likeness (QED) is 0.577. The SMILES string of the molecule is CC1(C)OB(c2ccccc2COC/C=C/c2ccccc2)OC1(C)C. The van der Waals surface area contributed by atoms with Crippen LogP contribution in [0, 0.1) is 0 Å². The molecule has 0 saturated carbocycles. The van der Waals surface area contributed by atoms with E-state index in [0.29, 0.717) is 13.2 Å². The largest absolute Gasteiger partial charge is 0.495 e. The summed E-state index contributed by atoms with van der Waals surface area (Å²) in [6.45, 7) is 9.37. The summed E-state index contributed by atoms with van der Waals surface area (Å²) in [4.78, 5) is 0. The lowest BCUT2D eigenvalue weighted by atomic mass is 9.76. The van der Waals surface area contributed by atoms with Gasteiger partial charge in [0, 0.05) is 0 Å². The van der Waals surface area contributed by atoms with Crippen LogP contribution < -0.4 is 5.46 Å². The highest BCUT2D eigenvalue weighted by Gasteiger charge is 2.52. The van der Waals surface area contributed by atoms with Gasteiger partial charge in [0.25, 0.3) is 0 Å². The summed E-state index contributed by atoms with van der Waals surface area (Å²) in [7, 11) is -0.361. The van der Waals surface area contributed by atoms with Crippen LogP contribution in [0.4, 0.5) is 0 Å². The molecule has 0 unspecified atom stereocenters. The van der Waals surface area contributed by atoms with E-state index in [9.17, 15) is 0 Å². The monoisotopic (exact) mass is 350 g/mol. The van der Waals surface area contributed by atoms with Crippen LogP contribution in [-0.4, -0.2) is 24.9 Å². The third-order valence-electron chi connectivity index (χ3n) is 5.14. The van der Waals surface area contributed by atoms with Gasteiger partial charge in [0.15, 0.2) is 0 Å². The van der Waals surface area contributed by atoms with Crippen LogP contribution >= 0.6 is 0 Å². The predicted molar refractivity (Wildman–Crippen MR) is 107 cm³/mol. The molecule has 2 aromatic carbocycles. The molecule has 0 aliphatic carbocycles. The minimum atomic E-state index is -0.361. The van der Waals surface area contributed by atoms with E-state index in [0.717, 1.165) is 11.0 Å². The fraction of sp³-hybridized carbons (Fsp3) is 0.364. The summed E-state index contributed by atoms with van der Waals surface area (Å²) in [5.74, 6) is 0. The van der Waals surface area contributed by atoms with E-state index >= 15 is 0 Å². The van der Waals surface area contributed by atoms with Gasteiger partial charge < -0.3 is 14.0 Å². The van der Waals surface area contributed by atoms with Crippen molar-refractivity contribution in [2.45, 2.75) is 45.5 Å². The molecule has 4 heteroatoms. The highest BCUT2D eigenvalue weighted by Crippen LogP contribution is 2.36. The average molecular weight is 350 g/mol. The Morgan fingerprint density at radius 3 is 2.19 bits per heavy atom. The topological polar surface area (TPSA) is 27.7 Å².